The number of cyclic esters (lactones) is 1. The van der Waals surface area contributed by atoms with Crippen LogP contribution < -0.4 is 5.32 Å². The molecule has 3 nitrogen and oxygen atoms in total. The second-order valence-electron chi connectivity index (χ2n) is 4.12. The van der Waals surface area contributed by atoms with Crippen molar-refractivity contribution in [3.05, 3.63) is 0 Å². The first-order chi connectivity index (χ1) is 5.41. The van der Waals surface area contributed by atoms with E-state index in [1.165, 1.54) is 0 Å². The summed E-state index contributed by atoms with van der Waals surface area (Å²) in [6, 6.07) is 0.0949. The molecule has 0 aliphatic carbocycles. The highest BCUT2D eigenvalue weighted by atomic mass is 79.9. The number of amides is 1. The van der Waals surface area contributed by atoms with Crippen molar-refractivity contribution in [3.8, 4) is 0 Å². The lowest BCUT2D eigenvalue weighted by molar-refractivity contribution is 0.175. The van der Waals surface area contributed by atoms with Crippen molar-refractivity contribution in [1.82, 2.24) is 5.32 Å². The van der Waals surface area contributed by atoms with Crippen LogP contribution in [0.2, 0.25) is 0 Å². The van der Waals surface area contributed by atoms with Crippen LogP contribution >= 0.6 is 15.9 Å². The molecule has 0 bridgehead atoms. The second-order valence-corrected chi connectivity index (χ2v) is 5.10. The molecule has 12 heavy (non-hydrogen) atoms. The summed E-state index contributed by atoms with van der Waals surface area (Å²) < 4.78 is 4.80. The Bertz CT molecular complexity index is 188. The average molecular weight is 236 g/mol. The van der Waals surface area contributed by atoms with Gasteiger partial charge >= 0.3 is 6.09 Å². The number of rotatable bonds is 1. The summed E-state index contributed by atoms with van der Waals surface area (Å²) in [6.45, 7) is 6.83. The van der Waals surface area contributed by atoms with Gasteiger partial charge in [0, 0.05) is 4.83 Å². The van der Waals surface area contributed by atoms with Gasteiger partial charge in [0.1, 0.15) is 6.61 Å². The van der Waals surface area contributed by atoms with Gasteiger partial charge in [0.2, 0.25) is 0 Å². The molecule has 1 saturated heterocycles. The van der Waals surface area contributed by atoms with Gasteiger partial charge in [0.05, 0.1) is 6.04 Å². The lowest BCUT2D eigenvalue weighted by Gasteiger charge is -2.28. The molecule has 0 aromatic rings. The van der Waals surface area contributed by atoms with Gasteiger partial charge in [-0.2, -0.15) is 0 Å². The molecule has 1 aliphatic rings. The summed E-state index contributed by atoms with van der Waals surface area (Å²) in [4.78, 5) is 11.0. The van der Waals surface area contributed by atoms with E-state index in [9.17, 15) is 4.79 Å². The van der Waals surface area contributed by atoms with Gasteiger partial charge in [-0.15, -0.1) is 0 Å². The summed E-state index contributed by atoms with van der Waals surface area (Å²) in [5.41, 5.74) is 0.131. The third-order valence-corrected chi connectivity index (χ3v) is 3.89. The van der Waals surface area contributed by atoms with Gasteiger partial charge in [-0.25, -0.2) is 4.79 Å². The van der Waals surface area contributed by atoms with E-state index in [0.29, 0.717) is 6.61 Å². The minimum absolute atomic E-state index is 0.0949. The molecule has 1 heterocycles. The van der Waals surface area contributed by atoms with Crippen LogP contribution in [0.25, 0.3) is 0 Å². The van der Waals surface area contributed by atoms with E-state index < -0.39 is 0 Å². The Balaban J connectivity index is 2.54. The predicted octanol–water partition coefficient (Wildman–Crippen LogP) is 1.90. The van der Waals surface area contributed by atoms with Crippen molar-refractivity contribution in [3.63, 3.8) is 0 Å². The molecule has 1 N–H and O–H groups in total. The van der Waals surface area contributed by atoms with Gasteiger partial charge < -0.3 is 10.1 Å². The normalized spacial score (nSPS) is 26.3. The number of alkyl halides is 1. The summed E-state index contributed by atoms with van der Waals surface area (Å²) in [6.07, 6.45) is -0.311. The molecule has 1 amide bonds. The Morgan fingerprint density at radius 2 is 2.25 bits per heavy atom. The lowest BCUT2D eigenvalue weighted by atomic mass is 9.88. The Morgan fingerprint density at radius 1 is 1.67 bits per heavy atom. The van der Waals surface area contributed by atoms with Crippen molar-refractivity contribution in [2.45, 2.75) is 31.6 Å². The first kappa shape index (κ1) is 9.84. The maximum absolute atomic E-state index is 10.7. The quantitative estimate of drug-likeness (QED) is 0.706. The number of hydrogen-bond acceptors (Lipinski definition) is 2. The van der Waals surface area contributed by atoms with Gasteiger partial charge in [-0.3, -0.25) is 0 Å². The largest absolute Gasteiger partial charge is 0.447 e. The third-order valence-electron chi connectivity index (χ3n) is 1.88. The molecule has 2 atom stereocenters. The van der Waals surface area contributed by atoms with Gasteiger partial charge in [-0.05, 0) is 5.41 Å². The zero-order chi connectivity index (χ0) is 9.35. The monoisotopic (exact) mass is 235 g/mol. The molecule has 0 radical (unpaired) electrons. The van der Waals surface area contributed by atoms with Crippen LogP contribution in [0.4, 0.5) is 4.79 Å². The number of carbonyl (C=O) groups excluding carboxylic acids is 1. The molecule has 0 spiro atoms. The maximum Gasteiger partial charge on any atom is 0.407 e. The fraction of sp³-hybridized carbons (Fsp3) is 0.875. The molecule has 0 saturated carbocycles. The van der Waals surface area contributed by atoms with Crippen LogP contribution in [0.1, 0.15) is 20.8 Å². The summed E-state index contributed by atoms with van der Waals surface area (Å²) >= 11 is 3.56. The van der Waals surface area contributed by atoms with Crippen molar-refractivity contribution >= 4 is 22.0 Å². The van der Waals surface area contributed by atoms with Crippen molar-refractivity contribution in [1.29, 1.82) is 0 Å². The molecule has 4 heteroatoms. The number of hydrogen-bond donors (Lipinski definition) is 1. The zero-order valence-corrected chi connectivity index (χ0v) is 9.14. The number of nitrogens with one attached hydrogen (secondary N) is 1. The van der Waals surface area contributed by atoms with E-state index in [1.807, 2.05) is 0 Å². The van der Waals surface area contributed by atoms with Crippen LogP contribution in [-0.2, 0) is 4.74 Å². The lowest BCUT2D eigenvalue weighted by Crippen LogP contribution is -2.41. The van der Waals surface area contributed by atoms with Crippen molar-refractivity contribution in [2.24, 2.45) is 5.41 Å². The number of carbonyl (C=O) groups is 1. The Hall–Kier alpha value is -0.250. The van der Waals surface area contributed by atoms with E-state index in [0.717, 1.165) is 0 Å². The predicted molar refractivity (Wildman–Crippen MR) is 50.4 cm³/mol. The smallest absolute Gasteiger partial charge is 0.407 e. The van der Waals surface area contributed by atoms with E-state index in [2.05, 4.69) is 42.0 Å². The molecular weight excluding hydrogens is 222 g/mol. The van der Waals surface area contributed by atoms with Crippen LogP contribution in [0.15, 0.2) is 0 Å². The number of halogens is 1. The Morgan fingerprint density at radius 3 is 2.58 bits per heavy atom. The molecule has 0 unspecified atom stereocenters. The SMILES string of the molecule is CC(C)(C)[C@H](Br)[C@H]1COC(=O)N1. The fourth-order valence-electron chi connectivity index (χ4n) is 1.16. The summed E-state index contributed by atoms with van der Waals surface area (Å²) in [5, 5.41) is 2.75. The molecular formula is C8H14BrNO2. The molecule has 0 aromatic carbocycles. The number of ether oxygens (including phenoxy) is 1. The third kappa shape index (κ3) is 2.12. The van der Waals surface area contributed by atoms with Gasteiger partial charge in [0.25, 0.3) is 0 Å². The topological polar surface area (TPSA) is 38.3 Å². The van der Waals surface area contributed by atoms with E-state index in [4.69, 9.17) is 4.74 Å². The highest BCUT2D eigenvalue weighted by molar-refractivity contribution is 9.09. The molecule has 1 aliphatic heterocycles. The molecule has 70 valence electrons. The second kappa shape index (κ2) is 3.24. The molecule has 0 aromatic heterocycles. The standard InChI is InChI=1S/C8H14BrNO2/c1-8(2,3)6(9)5-4-12-7(11)10-5/h5-6H,4H2,1-3H3,(H,10,11)/t5-,6-/m1/s1. The van der Waals surface area contributed by atoms with E-state index >= 15 is 0 Å². The first-order valence-corrected chi connectivity index (χ1v) is 4.90. The minimum Gasteiger partial charge on any atom is -0.447 e. The highest BCUT2D eigenvalue weighted by Gasteiger charge is 2.35. The van der Waals surface area contributed by atoms with Crippen molar-refractivity contribution in [2.75, 3.05) is 6.61 Å². The zero-order valence-electron chi connectivity index (χ0n) is 7.56. The average Bonchev–Trinajstić information content (AvgIpc) is 2.32. The molecule has 1 rings (SSSR count). The van der Waals surface area contributed by atoms with Gasteiger partial charge in [-0.1, -0.05) is 36.7 Å². The number of alkyl carbamates (subject to hydrolysis) is 1. The Labute approximate surface area is 81.0 Å². The van der Waals surface area contributed by atoms with Crippen LogP contribution in [-0.4, -0.2) is 23.6 Å². The van der Waals surface area contributed by atoms with Crippen LogP contribution in [0.3, 0.4) is 0 Å². The Kier molecular flexibility index (Phi) is 2.66. The summed E-state index contributed by atoms with van der Waals surface area (Å²) in [5.74, 6) is 0. The highest BCUT2D eigenvalue weighted by Crippen LogP contribution is 2.29. The maximum atomic E-state index is 10.7. The van der Waals surface area contributed by atoms with Gasteiger partial charge in [0.15, 0.2) is 0 Å². The van der Waals surface area contributed by atoms with Crippen molar-refractivity contribution < 1.29 is 9.53 Å². The minimum atomic E-state index is -0.311. The van der Waals surface area contributed by atoms with E-state index in [1.54, 1.807) is 0 Å². The van der Waals surface area contributed by atoms with E-state index in [-0.39, 0.29) is 22.4 Å². The summed E-state index contributed by atoms with van der Waals surface area (Å²) in [7, 11) is 0. The first-order valence-electron chi connectivity index (χ1n) is 3.98. The fourth-order valence-corrected chi connectivity index (χ4v) is 1.45. The van der Waals surface area contributed by atoms with Crippen LogP contribution in [0, 0.1) is 5.41 Å². The molecule has 1 fully saturated rings. The van der Waals surface area contributed by atoms with Crippen LogP contribution in [0.5, 0.6) is 0 Å².